The van der Waals surface area contributed by atoms with E-state index in [-0.39, 0.29) is 31.1 Å². The lowest BCUT2D eigenvalue weighted by Crippen LogP contribution is -2.51. The summed E-state index contributed by atoms with van der Waals surface area (Å²) in [6.45, 7) is 2.39. The molecule has 1 aromatic heterocycles. The minimum Gasteiger partial charge on any atom is -0.492 e. The Bertz CT molecular complexity index is 1260. The first-order chi connectivity index (χ1) is 16.2. The lowest BCUT2D eigenvalue weighted by atomic mass is 9.94. The van der Waals surface area contributed by atoms with Gasteiger partial charge in [0.05, 0.1) is 30.1 Å². The number of nitrogens with zero attached hydrogens (tertiary/aromatic N) is 3. The lowest BCUT2D eigenvalue weighted by Gasteiger charge is -2.42. The van der Waals surface area contributed by atoms with Gasteiger partial charge in [-0.15, -0.1) is 0 Å². The van der Waals surface area contributed by atoms with Crippen molar-refractivity contribution < 1.29 is 17.9 Å². The van der Waals surface area contributed by atoms with Gasteiger partial charge in [-0.3, -0.25) is 0 Å². The topological polar surface area (TPSA) is 62.3 Å². The van der Waals surface area contributed by atoms with Gasteiger partial charge in [-0.05, 0) is 18.0 Å². The van der Waals surface area contributed by atoms with Crippen LogP contribution < -0.4 is 25.6 Å². The van der Waals surface area contributed by atoms with Crippen molar-refractivity contribution in [3.05, 3.63) is 53.4 Å². The number of rotatable bonds is 7. The zero-order valence-electron chi connectivity index (χ0n) is 18.4. The smallest absolute Gasteiger partial charge is 0.258 e. The molecule has 2 aliphatic rings. The molecule has 1 unspecified atom stereocenters. The van der Waals surface area contributed by atoms with Gasteiger partial charge in [0.1, 0.15) is 10.8 Å². The van der Waals surface area contributed by atoms with E-state index in [9.17, 15) is 13.2 Å². The van der Waals surface area contributed by atoms with Crippen molar-refractivity contribution in [2.45, 2.75) is 12.3 Å². The average molecular weight is 508 g/mol. The first-order valence-electron chi connectivity index (χ1n) is 10.6. The Morgan fingerprint density at radius 2 is 1.88 bits per heavy atom. The molecule has 34 heavy (non-hydrogen) atoms. The van der Waals surface area contributed by atoms with Crippen LogP contribution in [0, 0.1) is 11.2 Å². The highest BCUT2D eigenvalue weighted by molar-refractivity contribution is 7.46. The highest BCUT2D eigenvalue weighted by Gasteiger charge is 2.76. The molecular weight excluding hydrogens is 486 g/mol. The highest BCUT2D eigenvalue weighted by atomic mass is 35.5. The van der Waals surface area contributed by atoms with Crippen LogP contribution in [0.3, 0.4) is 0 Å². The normalized spacial score (nSPS) is 17.6. The number of nitrogens with one attached hydrogen (secondary N) is 2. The molecule has 2 aromatic carbocycles. The molecule has 6 nitrogen and oxygen atoms in total. The summed E-state index contributed by atoms with van der Waals surface area (Å²) in [7, 11) is 2.02. The van der Waals surface area contributed by atoms with Crippen LogP contribution in [0.15, 0.2) is 42.6 Å². The van der Waals surface area contributed by atoms with E-state index in [1.54, 1.807) is 4.90 Å². The van der Waals surface area contributed by atoms with Gasteiger partial charge in [-0.1, -0.05) is 38.4 Å². The molecule has 2 N–H and O–H groups in total. The molecule has 1 aliphatic heterocycles. The van der Waals surface area contributed by atoms with Gasteiger partial charge in [0, 0.05) is 37.3 Å². The first kappa shape index (κ1) is 23.0. The quantitative estimate of drug-likeness (QED) is 0.409. The zero-order valence-corrected chi connectivity index (χ0v) is 20.2. The van der Waals surface area contributed by atoms with E-state index in [1.165, 1.54) is 25.4 Å². The maximum absolute atomic E-state index is 14.5. The molecule has 0 bridgehead atoms. The minimum atomic E-state index is -2.65. The second-order valence-electron chi connectivity index (χ2n) is 8.46. The van der Waals surface area contributed by atoms with Crippen LogP contribution in [-0.4, -0.2) is 42.8 Å². The fraction of sp³-hybridized carbons (Fsp3) is 0.304. The predicted molar refractivity (Wildman–Crippen MR) is 131 cm³/mol. The van der Waals surface area contributed by atoms with E-state index in [0.29, 0.717) is 30.9 Å². The molecule has 1 aliphatic carbocycles. The third-order valence-corrected chi connectivity index (χ3v) is 7.47. The molecule has 1 saturated carbocycles. The van der Waals surface area contributed by atoms with Crippen molar-refractivity contribution in [1.82, 2.24) is 9.97 Å². The number of para-hydroxylation sites is 1. The molecule has 178 valence electrons. The molecule has 3 aromatic rings. The van der Waals surface area contributed by atoms with Crippen molar-refractivity contribution in [1.29, 1.82) is 0 Å². The average Bonchev–Trinajstić information content (AvgIpc) is 3.37. The van der Waals surface area contributed by atoms with Crippen LogP contribution in [-0.2, 0) is 0 Å². The number of hydrogen-bond acceptors (Lipinski definition) is 6. The molecular formula is C23H22ClF3N5OP. The third-order valence-electron chi connectivity index (χ3n) is 6.22. The van der Waals surface area contributed by atoms with E-state index in [0.717, 1.165) is 11.0 Å². The molecule has 11 heteroatoms. The van der Waals surface area contributed by atoms with Crippen LogP contribution in [0.4, 0.5) is 42.0 Å². The van der Waals surface area contributed by atoms with Crippen molar-refractivity contribution in [3.8, 4) is 5.75 Å². The summed E-state index contributed by atoms with van der Waals surface area (Å²) >= 11 is 6.31. The Labute approximate surface area is 201 Å². The number of alkyl halides is 2. The van der Waals surface area contributed by atoms with Gasteiger partial charge in [-0.2, -0.15) is 4.98 Å². The summed E-state index contributed by atoms with van der Waals surface area (Å²) in [5.41, 5.74) is 0.574. The van der Waals surface area contributed by atoms with Crippen molar-refractivity contribution in [3.63, 3.8) is 0 Å². The van der Waals surface area contributed by atoms with Gasteiger partial charge in [0.2, 0.25) is 5.95 Å². The van der Waals surface area contributed by atoms with Crippen molar-refractivity contribution in [2.24, 2.45) is 5.41 Å². The molecule has 0 amide bonds. The third kappa shape index (κ3) is 4.01. The number of halogens is 4. The monoisotopic (exact) mass is 507 g/mol. The molecule has 5 rings (SSSR count). The van der Waals surface area contributed by atoms with Gasteiger partial charge in [0.15, 0.2) is 11.6 Å². The van der Waals surface area contributed by atoms with E-state index in [1.807, 2.05) is 24.3 Å². The molecule has 1 atom stereocenters. The largest absolute Gasteiger partial charge is 0.492 e. The molecule has 0 radical (unpaired) electrons. The molecule has 1 spiro atoms. The highest BCUT2D eigenvalue weighted by Crippen LogP contribution is 2.66. The van der Waals surface area contributed by atoms with Crippen molar-refractivity contribution >= 4 is 54.3 Å². The van der Waals surface area contributed by atoms with E-state index >= 15 is 0 Å². The number of aromatic nitrogens is 2. The van der Waals surface area contributed by atoms with Gasteiger partial charge < -0.3 is 20.3 Å². The molecule has 1 saturated heterocycles. The number of hydrogen-bond donors (Lipinski definition) is 2. The maximum atomic E-state index is 14.5. The lowest BCUT2D eigenvalue weighted by molar-refractivity contribution is 0.0519. The Morgan fingerprint density at radius 1 is 1.15 bits per heavy atom. The SMILES string of the molecule is COc1c(Nc2ncc(Cl)c(Nc3ccccc3PC)n2)cc(F)cc1N1CC2(C1)CC2(F)F. The maximum Gasteiger partial charge on any atom is 0.258 e. The van der Waals surface area contributed by atoms with Gasteiger partial charge in [-0.25, -0.2) is 18.2 Å². The Balaban J connectivity index is 1.41. The minimum absolute atomic E-state index is 0.130. The molecule has 2 heterocycles. The van der Waals surface area contributed by atoms with Gasteiger partial charge in [0.25, 0.3) is 5.92 Å². The van der Waals surface area contributed by atoms with Crippen molar-refractivity contribution in [2.75, 3.05) is 42.4 Å². The van der Waals surface area contributed by atoms with Crippen LogP contribution in [0.25, 0.3) is 0 Å². The summed E-state index contributed by atoms with van der Waals surface area (Å²) < 4.78 is 47.3. The Hall–Kier alpha value is -2.77. The first-order valence-corrected chi connectivity index (χ1v) is 12.5. The Morgan fingerprint density at radius 3 is 2.56 bits per heavy atom. The number of methoxy groups -OCH3 is 1. The van der Waals surface area contributed by atoms with E-state index < -0.39 is 17.2 Å². The summed E-state index contributed by atoms with van der Waals surface area (Å²) in [6, 6.07) is 10.4. The summed E-state index contributed by atoms with van der Waals surface area (Å²) in [5, 5.41) is 7.66. The van der Waals surface area contributed by atoms with Gasteiger partial charge >= 0.3 is 0 Å². The van der Waals surface area contributed by atoms with Crippen LogP contribution in [0.1, 0.15) is 6.42 Å². The fourth-order valence-corrected chi connectivity index (χ4v) is 5.09. The van der Waals surface area contributed by atoms with Crippen LogP contribution >= 0.6 is 20.2 Å². The Kier molecular flexibility index (Phi) is 5.73. The fourth-order valence-electron chi connectivity index (χ4n) is 4.27. The zero-order chi connectivity index (χ0) is 24.1. The number of ether oxygens (including phenoxy) is 1. The molecule has 2 fully saturated rings. The number of benzene rings is 2. The standard InChI is InChI=1S/C23H22ClF3N5OP/c1-33-19-16(7-13(25)8-17(19)32-11-22(12-32)10-23(22,26)27)30-21-28-9-14(24)20(31-21)29-15-5-3-4-6-18(15)34-2/h3-9,34H,10-12H2,1-2H3,(H2,28,29,30,31). The second-order valence-corrected chi connectivity index (χ2v) is 9.90. The number of anilines is 5. The van der Waals surface area contributed by atoms with E-state index in [4.69, 9.17) is 16.3 Å². The summed E-state index contributed by atoms with van der Waals surface area (Å²) in [5.74, 6) is -2.30. The van der Waals surface area contributed by atoms with E-state index in [2.05, 4.69) is 27.3 Å². The summed E-state index contributed by atoms with van der Waals surface area (Å²) in [6.07, 6.45) is 1.31. The predicted octanol–water partition coefficient (Wildman–Crippen LogP) is 5.54. The van der Waals surface area contributed by atoms with Crippen LogP contribution in [0.2, 0.25) is 5.02 Å². The summed E-state index contributed by atoms with van der Waals surface area (Å²) in [4.78, 5) is 10.4. The second kappa shape index (κ2) is 8.47. The van der Waals surface area contributed by atoms with Crippen LogP contribution in [0.5, 0.6) is 5.75 Å².